The first kappa shape index (κ1) is 16.7. The first-order chi connectivity index (χ1) is 9.97. The van der Waals surface area contributed by atoms with Crippen molar-refractivity contribution in [3.05, 3.63) is 10.6 Å². The Labute approximate surface area is 132 Å². The summed E-state index contributed by atoms with van der Waals surface area (Å²) in [5, 5.41) is 4.66. The quantitative estimate of drug-likeness (QED) is 0.748. The van der Waals surface area contributed by atoms with Gasteiger partial charge in [-0.3, -0.25) is 0 Å². The standard InChI is InChI=1S/C16H29N3OS/c1-6-19(12-7-8-12)15-18-14(16(2,3)4)13(21-15)11-17-9-10-20-5/h12,17H,6-11H2,1-5H3. The van der Waals surface area contributed by atoms with Crippen molar-refractivity contribution in [2.75, 3.05) is 31.7 Å². The number of nitrogens with zero attached hydrogens (tertiary/aromatic N) is 2. The lowest BCUT2D eigenvalue weighted by molar-refractivity contribution is 0.199. The van der Waals surface area contributed by atoms with Gasteiger partial charge < -0.3 is 15.0 Å². The Morgan fingerprint density at radius 2 is 2.10 bits per heavy atom. The molecule has 120 valence electrons. The van der Waals surface area contributed by atoms with E-state index in [1.54, 1.807) is 7.11 Å². The number of thiazole rings is 1. The number of anilines is 1. The molecule has 2 rings (SSSR count). The molecule has 0 radical (unpaired) electrons. The summed E-state index contributed by atoms with van der Waals surface area (Å²) in [7, 11) is 1.74. The predicted octanol–water partition coefficient (Wildman–Crippen LogP) is 3.17. The second kappa shape index (κ2) is 7.07. The summed E-state index contributed by atoms with van der Waals surface area (Å²) in [6.07, 6.45) is 2.64. The van der Waals surface area contributed by atoms with Crippen LogP contribution in [0.25, 0.3) is 0 Å². The van der Waals surface area contributed by atoms with Crippen molar-refractivity contribution in [2.45, 2.75) is 58.5 Å². The van der Waals surface area contributed by atoms with E-state index in [0.29, 0.717) is 0 Å². The summed E-state index contributed by atoms with van der Waals surface area (Å²) in [4.78, 5) is 8.83. The molecule has 1 saturated carbocycles. The van der Waals surface area contributed by atoms with E-state index in [-0.39, 0.29) is 5.41 Å². The molecule has 0 aromatic carbocycles. The third kappa shape index (κ3) is 4.41. The SMILES string of the molecule is CCN(c1nc(C(C)(C)C)c(CNCCOC)s1)C1CC1. The fourth-order valence-corrected chi connectivity index (χ4v) is 3.86. The first-order valence-corrected chi connectivity index (χ1v) is 8.75. The van der Waals surface area contributed by atoms with Crippen LogP contribution in [-0.4, -0.2) is 37.8 Å². The largest absolute Gasteiger partial charge is 0.383 e. The Kier molecular flexibility index (Phi) is 5.63. The van der Waals surface area contributed by atoms with E-state index in [1.165, 1.54) is 28.5 Å². The van der Waals surface area contributed by atoms with Crippen LogP contribution in [0.15, 0.2) is 0 Å². The highest BCUT2D eigenvalue weighted by atomic mass is 32.1. The van der Waals surface area contributed by atoms with Crippen molar-refractivity contribution in [3.8, 4) is 0 Å². The lowest BCUT2D eigenvalue weighted by Crippen LogP contribution is -2.25. The second-order valence-electron chi connectivity index (χ2n) is 6.70. The van der Waals surface area contributed by atoms with Gasteiger partial charge in [0.25, 0.3) is 0 Å². The topological polar surface area (TPSA) is 37.4 Å². The van der Waals surface area contributed by atoms with E-state index < -0.39 is 0 Å². The zero-order valence-corrected chi connectivity index (χ0v) is 14.8. The molecule has 0 amide bonds. The molecule has 0 atom stereocenters. The first-order valence-electron chi connectivity index (χ1n) is 7.93. The van der Waals surface area contributed by atoms with Gasteiger partial charge in [0, 0.05) is 43.1 Å². The summed E-state index contributed by atoms with van der Waals surface area (Å²) in [6.45, 7) is 12.5. The molecule has 1 aliphatic carbocycles. The van der Waals surface area contributed by atoms with Crippen LogP contribution < -0.4 is 10.2 Å². The van der Waals surface area contributed by atoms with Crippen LogP contribution >= 0.6 is 11.3 Å². The molecule has 1 heterocycles. The fourth-order valence-electron chi connectivity index (χ4n) is 2.48. The van der Waals surface area contributed by atoms with Gasteiger partial charge in [-0.25, -0.2) is 4.98 Å². The molecule has 0 saturated heterocycles. The van der Waals surface area contributed by atoms with Gasteiger partial charge in [0.05, 0.1) is 12.3 Å². The molecule has 1 aromatic rings. The Balaban J connectivity index is 2.14. The maximum atomic E-state index is 5.09. The molecule has 0 spiro atoms. The molecule has 1 N–H and O–H groups in total. The zero-order valence-electron chi connectivity index (χ0n) is 14.0. The molecular formula is C16H29N3OS. The fraction of sp³-hybridized carbons (Fsp3) is 0.812. The maximum absolute atomic E-state index is 5.09. The number of methoxy groups -OCH3 is 1. The average Bonchev–Trinajstić information content (AvgIpc) is 3.14. The monoisotopic (exact) mass is 311 g/mol. The molecule has 5 heteroatoms. The van der Waals surface area contributed by atoms with Gasteiger partial charge in [-0.05, 0) is 19.8 Å². The average molecular weight is 311 g/mol. The highest BCUT2D eigenvalue weighted by molar-refractivity contribution is 7.15. The predicted molar refractivity (Wildman–Crippen MR) is 90.4 cm³/mol. The number of hydrogen-bond acceptors (Lipinski definition) is 5. The van der Waals surface area contributed by atoms with Crippen molar-refractivity contribution in [1.29, 1.82) is 0 Å². The van der Waals surface area contributed by atoms with Crippen molar-refractivity contribution in [3.63, 3.8) is 0 Å². The molecule has 4 nitrogen and oxygen atoms in total. The van der Waals surface area contributed by atoms with Gasteiger partial charge in [0.2, 0.25) is 0 Å². The van der Waals surface area contributed by atoms with Crippen LogP contribution in [0, 0.1) is 0 Å². The summed E-state index contributed by atoms with van der Waals surface area (Å²) in [5.74, 6) is 0. The normalized spacial score (nSPS) is 15.5. The molecule has 0 unspecified atom stereocenters. The highest BCUT2D eigenvalue weighted by Crippen LogP contribution is 2.38. The van der Waals surface area contributed by atoms with Gasteiger partial charge >= 0.3 is 0 Å². The van der Waals surface area contributed by atoms with Crippen LogP contribution in [-0.2, 0) is 16.7 Å². The lowest BCUT2D eigenvalue weighted by atomic mass is 9.91. The van der Waals surface area contributed by atoms with Gasteiger partial charge in [-0.2, -0.15) is 0 Å². The molecular weight excluding hydrogens is 282 g/mol. The third-order valence-electron chi connectivity index (χ3n) is 3.74. The second-order valence-corrected chi connectivity index (χ2v) is 7.77. The van der Waals surface area contributed by atoms with Crippen LogP contribution in [0.5, 0.6) is 0 Å². The number of hydrogen-bond donors (Lipinski definition) is 1. The molecule has 0 aliphatic heterocycles. The highest BCUT2D eigenvalue weighted by Gasteiger charge is 2.32. The summed E-state index contributed by atoms with van der Waals surface area (Å²) < 4.78 is 5.09. The Hall–Kier alpha value is -0.650. The Morgan fingerprint density at radius 3 is 2.62 bits per heavy atom. The number of rotatable bonds is 8. The Bertz CT molecular complexity index is 449. The van der Waals surface area contributed by atoms with E-state index in [9.17, 15) is 0 Å². The minimum atomic E-state index is 0.0932. The van der Waals surface area contributed by atoms with Crippen molar-refractivity contribution in [1.82, 2.24) is 10.3 Å². The van der Waals surface area contributed by atoms with Crippen molar-refractivity contribution < 1.29 is 4.74 Å². The zero-order chi connectivity index (χ0) is 15.5. The van der Waals surface area contributed by atoms with Crippen LogP contribution in [0.4, 0.5) is 5.13 Å². The lowest BCUT2D eigenvalue weighted by Gasteiger charge is -2.20. The van der Waals surface area contributed by atoms with Crippen molar-refractivity contribution in [2.24, 2.45) is 0 Å². The summed E-state index contributed by atoms with van der Waals surface area (Å²) >= 11 is 1.86. The third-order valence-corrected chi connectivity index (χ3v) is 4.83. The number of aromatic nitrogens is 1. The minimum Gasteiger partial charge on any atom is -0.383 e. The maximum Gasteiger partial charge on any atom is 0.186 e. The summed E-state index contributed by atoms with van der Waals surface area (Å²) in [5.41, 5.74) is 1.34. The van der Waals surface area contributed by atoms with E-state index in [0.717, 1.165) is 32.3 Å². The van der Waals surface area contributed by atoms with Crippen molar-refractivity contribution >= 4 is 16.5 Å². The molecule has 1 aliphatic rings. The van der Waals surface area contributed by atoms with E-state index >= 15 is 0 Å². The van der Waals surface area contributed by atoms with E-state index in [2.05, 4.69) is 37.9 Å². The van der Waals surface area contributed by atoms with Crippen LogP contribution in [0.1, 0.15) is 51.1 Å². The number of nitrogens with one attached hydrogen (secondary N) is 1. The molecule has 1 fully saturated rings. The van der Waals surface area contributed by atoms with Gasteiger partial charge in [0.15, 0.2) is 5.13 Å². The molecule has 1 aromatic heterocycles. The van der Waals surface area contributed by atoms with Gasteiger partial charge in [-0.1, -0.05) is 20.8 Å². The van der Waals surface area contributed by atoms with Gasteiger partial charge in [0.1, 0.15) is 0 Å². The minimum absolute atomic E-state index is 0.0932. The van der Waals surface area contributed by atoms with Crippen LogP contribution in [0.2, 0.25) is 0 Å². The van der Waals surface area contributed by atoms with E-state index in [1.807, 2.05) is 11.3 Å². The number of ether oxygens (including phenoxy) is 1. The summed E-state index contributed by atoms with van der Waals surface area (Å²) in [6, 6.07) is 0.725. The molecule has 0 bridgehead atoms. The van der Waals surface area contributed by atoms with Gasteiger partial charge in [-0.15, -0.1) is 11.3 Å². The van der Waals surface area contributed by atoms with E-state index in [4.69, 9.17) is 9.72 Å². The Morgan fingerprint density at radius 1 is 1.38 bits per heavy atom. The smallest absolute Gasteiger partial charge is 0.186 e. The molecule has 21 heavy (non-hydrogen) atoms. The van der Waals surface area contributed by atoms with Crippen LogP contribution in [0.3, 0.4) is 0 Å².